The summed E-state index contributed by atoms with van der Waals surface area (Å²) in [4.78, 5) is 2.48. The average molecular weight is 203 g/mol. The largest absolute Gasteiger partial charge is 0.376 e. The molecule has 0 N–H and O–H groups in total. The minimum Gasteiger partial charge on any atom is -0.376 e. The van der Waals surface area contributed by atoms with E-state index < -0.39 is 0 Å². The van der Waals surface area contributed by atoms with E-state index in [1.165, 1.54) is 37.1 Å². The van der Waals surface area contributed by atoms with E-state index in [-0.39, 0.29) is 0 Å². The number of ether oxygens (including phenoxy) is 1. The molecular weight excluding hydrogens is 186 g/mol. The number of benzene rings is 1. The molecule has 0 spiro atoms. The van der Waals surface area contributed by atoms with Crippen molar-refractivity contribution in [3.8, 4) is 0 Å². The molecule has 1 saturated heterocycles. The highest BCUT2D eigenvalue weighted by Gasteiger charge is 2.23. The van der Waals surface area contributed by atoms with Gasteiger partial charge in [0.25, 0.3) is 0 Å². The van der Waals surface area contributed by atoms with E-state index in [9.17, 15) is 0 Å². The molecule has 15 heavy (non-hydrogen) atoms. The van der Waals surface area contributed by atoms with Gasteiger partial charge in [0.15, 0.2) is 0 Å². The molecule has 1 unspecified atom stereocenters. The number of rotatable bonds is 2. The summed E-state index contributed by atoms with van der Waals surface area (Å²) in [5, 5.41) is 0. The predicted octanol–water partition coefficient (Wildman–Crippen LogP) is 2.23. The van der Waals surface area contributed by atoms with E-state index in [4.69, 9.17) is 4.74 Å². The van der Waals surface area contributed by atoms with E-state index in [0.717, 1.165) is 13.2 Å². The van der Waals surface area contributed by atoms with Crippen LogP contribution < -0.4 is 4.90 Å². The summed E-state index contributed by atoms with van der Waals surface area (Å²) in [5.74, 6) is 0. The summed E-state index contributed by atoms with van der Waals surface area (Å²) in [6.45, 7) is 3.20. The molecular formula is C13H17NO. The van der Waals surface area contributed by atoms with Gasteiger partial charge in [-0.25, -0.2) is 0 Å². The van der Waals surface area contributed by atoms with Gasteiger partial charge in [0.2, 0.25) is 0 Å². The van der Waals surface area contributed by atoms with E-state index >= 15 is 0 Å². The van der Waals surface area contributed by atoms with Crippen LogP contribution in [0.5, 0.6) is 0 Å². The third-order valence-electron chi connectivity index (χ3n) is 3.43. The Balaban J connectivity index is 1.73. The van der Waals surface area contributed by atoms with Gasteiger partial charge >= 0.3 is 0 Å². The molecule has 80 valence electrons. The van der Waals surface area contributed by atoms with Crippen molar-refractivity contribution in [3.05, 3.63) is 29.8 Å². The number of fused-ring (bicyclic) bond motifs is 1. The molecule has 0 bridgehead atoms. The normalized spacial score (nSPS) is 24.5. The number of nitrogens with zero attached hydrogens (tertiary/aromatic N) is 1. The van der Waals surface area contributed by atoms with Gasteiger partial charge in [-0.3, -0.25) is 0 Å². The van der Waals surface area contributed by atoms with Crippen LogP contribution >= 0.6 is 0 Å². The Kier molecular flexibility index (Phi) is 2.37. The van der Waals surface area contributed by atoms with E-state index in [1.807, 2.05) is 0 Å². The summed E-state index contributed by atoms with van der Waals surface area (Å²) in [6, 6.07) is 8.74. The molecule has 0 amide bonds. The molecule has 2 aliphatic rings. The Morgan fingerprint density at radius 2 is 2.27 bits per heavy atom. The smallest absolute Gasteiger partial charge is 0.0750 e. The fraction of sp³-hybridized carbons (Fsp3) is 0.538. The summed E-state index contributed by atoms with van der Waals surface area (Å²) in [7, 11) is 0. The van der Waals surface area contributed by atoms with E-state index in [1.54, 1.807) is 0 Å². The Hall–Kier alpha value is -1.02. The second kappa shape index (κ2) is 3.86. The first-order valence-corrected chi connectivity index (χ1v) is 5.88. The van der Waals surface area contributed by atoms with Crippen LogP contribution in [0.1, 0.15) is 18.4 Å². The Labute approximate surface area is 90.8 Å². The quantitative estimate of drug-likeness (QED) is 0.731. The molecule has 0 saturated carbocycles. The highest BCUT2D eigenvalue weighted by Crippen LogP contribution is 2.28. The van der Waals surface area contributed by atoms with Crippen molar-refractivity contribution >= 4 is 5.69 Å². The van der Waals surface area contributed by atoms with Crippen molar-refractivity contribution in [1.29, 1.82) is 0 Å². The number of hydrogen-bond donors (Lipinski definition) is 0. The van der Waals surface area contributed by atoms with Crippen LogP contribution in [0.4, 0.5) is 5.69 Å². The van der Waals surface area contributed by atoms with Crippen LogP contribution in [-0.4, -0.2) is 25.8 Å². The van der Waals surface area contributed by atoms with Crippen molar-refractivity contribution in [1.82, 2.24) is 0 Å². The van der Waals surface area contributed by atoms with Gasteiger partial charge in [-0.15, -0.1) is 0 Å². The van der Waals surface area contributed by atoms with E-state index in [0.29, 0.717) is 6.10 Å². The lowest BCUT2D eigenvalue weighted by Crippen LogP contribution is -2.30. The third kappa shape index (κ3) is 1.74. The van der Waals surface area contributed by atoms with Gasteiger partial charge in [-0.2, -0.15) is 0 Å². The predicted molar refractivity (Wildman–Crippen MR) is 61.3 cm³/mol. The average Bonchev–Trinajstić information content (AvgIpc) is 2.89. The molecule has 1 aromatic carbocycles. The minimum atomic E-state index is 0.469. The van der Waals surface area contributed by atoms with Crippen LogP contribution in [0.2, 0.25) is 0 Å². The van der Waals surface area contributed by atoms with Gasteiger partial charge in [0.1, 0.15) is 0 Å². The number of hydrogen-bond acceptors (Lipinski definition) is 2. The lowest BCUT2D eigenvalue weighted by atomic mass is 10.2. The standard InChI is InChI=1S/C13H17NO/c1-2-6-13-11(4-1)7-8-14(13)10-12-5-3-9-15-12/h1-2,4,6,12H,3,5,7-10H2. The summed E-state index contributed by atoms with van der Waals surface area (Å²) >= 11 is 0. The Bertz CT molecular complexity index is 344. The highest BCUT2D eigenvalue weighted by atomic mass is 16.5. The zero-order valence-electron chi connectivity index (χ0n) is 8.98. The first-order chi connectivity index (χ1) is 7.43. The lowest BCUT2D eigenvalue weighted by molar-refractivity contribution is 0.116. The molecule has 0 radical (unpaired) electrons. The van der Waals surface area contributed by atoms with Crippen molar-refractivity contribution < 1.29 is 4.74 Å². The van der Waals surface area contributed by atoms with Crippen molar-refractivity contribution in [2.45, 2.75) is 25.4 Å². The fourth-order valence-electron chi connectivity index (χ4n) is 2.63. The van der Waals surface area contributed by atoms with Crippen LogP contribution in [0.3, 0.4) is 0 Å². The van der Waals surface area contributed by atoms with Gasteiger partial charge in [-0.05, 0) is 30.9 Å². The molecule has 3 rings (SSSR count). The maximum absolute atomic E-state index is 5.69. The van der Waals surface area contributed by atoms with Crippen LogP contribution in [-0.2, 0) is 11.2 Å². The Morgan fingerprint density at radius 1 is 1.33 bits per heavy atom. The first kappa shape index (κ1) is 9.22. The molecule has 0 aromatic heterocycles. The second-order valence-electron chi connectivity index (χ2n) is 4.46. The number of anilines is 1. The van der Waals surface area contributed by atoms with Crippen LogP contribution in [0.15, 0.2) is 24.3 Å². The maximum atomic E-state index is 5.69. The molecule has 1 fully saturated rings. The van der Waals surface area contributed by atoms with Crippen molar-refractivity contribution in [3.63, 3.8) is 0 Å². The molecule has 2 heterocycles. The van der Waals surface area contributed by atoms with Gasteiger partial charge < -0.3 is 9.64 Å². The van der Waals surface area contributed by atoms with Gasteiger partial charge in [-0.1, -0.05) is 18.2 Å². The lowest BCUT2D eigenvalue weighted by Gasteiger charge is -2.22. The summed E-state index contributed by atoms with van der Waals surface area (Å²) in [5.41, 5.74) is 2.92. The molecule has 2 nitrogen and oxygen atoms in total. The van der Waals surface area contributed by atoms with Crippen molar-refractivity contribution in [2.75, 3.05) is 24.6 Å². The molecule has 2 aliphatic heterocycles. The molecule has 0 aliphatic carbocycles. The van der Waals surface area contributed by atoms with Gasteiger partial charge in [0.05, 0.1) is 6.10 Å². The first-order valence-electron chi connectivity index (χ1n) is 5.88. The minimum absolute atomic E-state index is 0.469. The second-order valence-corrected chi connectivity index (χ2v) is 4.46. The zero-order valence-corrected chi connectivity index (χ0v) is 8.98. The fourth-order valence-corrected chi connectivity index (χ4v) is 2.63. The summed E-state index contributed by atoms with van der Waals surface area (Å²) < 4.78 is 5.69. The zero-order chi connectivity index (χ0) is 10.1. The molecule has 2 heteroatoms. The Morgan fingerprint density at radius 3 is 3.13 bits per heavy atom. The van der Waals surface area contributed by atoms with Crippen LogP contribution in [0, 0.1) is 0 Å². The number of para-hydroxylation sites is 1. The molecule has 1 atom stereocenters. The highest BCUT2D eigenvalue weighted by molar-refractivity contribution is 5.57. The van der Waals surface area contributed by atoms with E-state index in [2.05, 4.69) is 29.2 Å². The third-order valence-corrected chi connectivity index (χ3v) is 3.43. The topological polar surface area (TPSA) is 12.5 Å². The van der Waals surface area contributed by atoms with Crippen LogP contribution in [0.25, 0.3) is 0 Å². The van der Waals surface area contributed by atoms with Gasteiger partial charge in [0, 0.05) is 25.4 Å². The maximum Gasteiger partial charge on any atom is 0.0750 e. The van der Waals surface area contributed by atoms with Crippen molar-refractivity contribution in [2.24, 2.45) is 0 Å². The summed E-state index contributed by atoms with van der Waals surface area (Å²) in [6.07, 6.45) is 4.14. The monoisotopic (exact) mass is 203 g/mol. The molecule has 1 aromatic rings. The SMILES string of the molecule is c1ccc2c(c1)CCN2CC1CCCO1.